The topological polar surface area (TPSA) is 92.2 Å². The van der Waals surface area contributed by atoms with E-state index in [2.05, 4.69) is 67.6 Å². The maximum Gasteiger partial charge on any atom is 0.253 e. The molecule has 9 heteroatoms. The van der Waals surface area contributed by atoms with Crippen LogP contribution >= 0.6 is 0 Å². The van der Waals surface area contributed by atoms with Gasteiger partial charge < -0.3 is 14.6 Å². The van der Waals surface area contributed by atoms with Crippen LogP contribution in [0.1, 0.15) is 61.6 Å². The second-order valence-corrected chi connectivity index (χ2v) is 10.4. The zero-order valence-electron chi connectivity index (χ0n) is 22.1. The molecule has 2 aromatic heterocycles. The predicted molar refractivity (Wildman–Crippen MR) is 148 cm³/mol. The van der Waals surface area contributed by atoms with Gasteiger partial charge in [-0.25, -0.2) is 4.68 Å². The smallest absolute Gasteiger partial charge is 0.253 e. The van der Waals surface area contributed by atoms with E-state index in [-0.39, 0.29) is 17.6 Å². The normalized spacial score (nSPS) is 17.8. The summed E-state index contributed by atoms with van der Waals surface area (Å²) < 4.78 is 7.32. The summed E-state index contributed by atoms with van der Waals surface area (Å²) in [5.41, 5.74) is 3.90. The Morgan fingerprint density at radius 2 is 1.79 bits per heavy atom. The van der Waals surface area contributed by atoms with Crippen LogP contribution in [-0.2, 0) is 6.42 Å². The van der Waals surface area contributed by atoms with Gasteiger partial charge in [-0.1, -0.05) is 25.8 Å². The van der Waals surface area contributed by atoms with Gasteiger partial charge in [0.25, 0.3) is 5.56 Å². The van der Waals surface area contributed by atoms with Gasteiger partial charge in [0.05, 0.1) is 13.2 Å². The predicted octanol–water partition coefficient (Wildman–Crippen LogP) is 4.11. The highest BCUT2D eigenvalue weighted by Crippen LogP contribution is 2.34. The van der Waals surface area contributed by atoms with E-state index in [1.807, 2.05) is 22.9 Å². The van der Waals surface area contributed by atoms with Crippen LogP contribution in [0.2, 0.25) is 0 Å². The largest absolute Gasteiger partial charge is 0.497 e. The third-order valence-electron chi connectivity index (χ3n) is 8.19. The summed E-state index contributed by atoms with van der Waals surface area (Å²) in [4.78, 5) is 21.5. The van der Waals surface area contributed by atoms with E-state index >= 15 is 0 Å². The van der Waals surface area contributed by atoms with Crippen LogP contribution in [0.25, 0.3) is 10.9 Å². The van der Waals surface area contributed by atoms with Crippen molar-refractivity contribution in [3.63, 3.8) is 0 Å². The minimum Gasteiger partial charge on any atom is -0.497 e. The van der Waals surface area contributed by atoms with Crippen molar-refractivity contribution in [2.45, 2.75) is 51.1 Å². The fourth-order valence-corrected chi connectivity index (χ4v) is 6.02. The molecule has 1 aliphatic heterocycles. The molecule has 2 aromatic carbocycles. The number of pyridine rings is 1. The Morgan fingerprint density at radius 1 is 1.03 bits per heavy atom. The average molecular weight is 514 g/mol. The number of tetrazole rings is 1. The van der Waals surface area contributed by atoms with Crippen molar-refractivity contribution in [3.8, 4) is 5.75 Å². The number of H-pyrrole nitrogens is 1. The maximum atomic E-state index is 13.6. The summed E-state index contributed by atoms with van der Waals surface area (Å²) in [6.07, 6.45) is 5.46. The van der Waals surface area contributed by atoms with Crippen molar-refractivity contribution in [2.75, 3.05) is 38.2 Å². The van der Waals surface area contributed by atoms with Crippen molar-refractivity contribution < 1.29 is 4.74 Å². The van der Waals surface area contributed by atoms with Gasteiger partial charge >= 0.3 is 0 Å². The molecule has 38 heavy (non-hydrogen) atoms. The standard InChI is InChI=1S/C29H35N7O2/c1-3-20-8-13-26-21(18-20)19-25(29(37)30-26)27(28-31-32-33-36(28)23-6-4-5-7-23)35-16-14-34(15-17-35)22-9-11-24(38-2)12-10-22/h8-13,18-19,23,27H,3-7,14-17H2,1-2H3,(H,30,37)/t27-/m0/s1. The molecule has 0 amide bonds. The summed E-state index contributed by atoms with van der Waals surface area (Å²) in [5, 5.41) is 14.1. The Balaban J connectivity index is 1.37. The molecule has 4 aromatic rings. The molecule has 0 spiro atoms. The molecule has 1 N–H and O–H groups in total. The molecule has 1 saturated carbocycles. The van der Waals surface area contributed by atoms with Crippen LogP contribution in [0.5, 0.6) is 5.75 Å². The second kappa shape index (κ2) is 10.6. The van der Waals surface area contributed by atoms with E-state index in [1.165, 1.54) is 24.1 Å². The number of fused-ring (bicyclic) bond motifs is 1. The number of aromatic nitrogens is 5. The lowest BCUT2D eigenvalue weighted by molar-refractivity contribution is 0.197. The Labute approximate surface area is 222 Å². The number of anilines is 1. The number of hydrogen-bond acceptors (Lipinski definition) is 7. The highest BCUT2D eigenvalue weighted by molar-refractivity contribution is 5.80. The zero-order valence-corrected chi connectivity index (χ0v) is 22.1. The number of nitrogens with zero attached hydrogens (tertiary/aromatic N) is 6. The van der Waals surface area contributed by atoms with Crippen molar-refractivity contribution in [1.82, 2.24) is 30.1 Å². The molecule has 198 valence electrons. The number of ether oxygens (including phenoxy) is 1. The van der Waals surface area contributed by atoms with Gasteiger partial charge in [0.15, 0.2) is 5.82 Å². The van der Waals surface area contributed by atoms with Crippen LogP contribution in [0, 0.1) is 0 Å². The number of aromatic amines is 1. The monoisotopic (exact) mass is 513 g/mol. The Bertz CT molecular complexity index is 1450. The molecule has 0 unspecified atom stereocenters. The molecular formula is C29H35N7O2. The summed E-state index contributed by atoms with van der Waals surface area (Å²) in [6, 6.07) is 16.5. The van der Waals surface area contributed by atoms with Crippen molar-refractivity contribution in [1.29, 1.82) is 0 Å². The molecule has 1 aliphatic carbocycles. The quantitative estimate of drug-likeness (QED) is 0.398. The Morgan fingerprint density at radius 3 is 2.50 bits per heavy atom. The lowest BCUT2D eigenvalue weighted by atomic mass is 10.0. The first-order valence-electron chi connectivity index (χ1n) is 13.7. The van der Waals surface area contributed by atoms with E-state index in [1.54, 1.807) is 7.11 Å². The second-order valence-electron chi connectivity index (χ2n) is 10.4. The number of benzene rings is 2. The lowest BCUT2D eigenvalue weighted by Gasteiger charge is -2.39. The number of rotatable bonds is 7. The number of methoxy groups -OCH3 is 1. The third kappa shape index (κ3) is 4.67. The van der Waals surface area contributed by atoms with Gasteiger partial charge in [-0.2, -0.15) is 0 Å². The van der Waals surface area contributed by atoms with Gasteiger partial charge in [-0.05, 0) is 83.1 Å². The van der Waals surface area contributed by atoms with E-state index in [9.17, 15) is 4.79 Å². The van der Waals surface area contributed by atoms with Crippen LogP contribution in [0.4, 0.5) is 5.69 Å². The molecule has 2 aliphatic rings. The van der Waals surface area contributed by atoms with Crippen LogP contribution in [0.15, 0.2) is 53.3 Å². The maximum absolute atomic E-state index is 13.6. The minimum atomic E-state index is -0.318. The van der Waals surface area contributed by atoms with Gasteiger partial charge in [0.1, 0.15) is 11.8 Å². The van der Waals surface area contributed by atoms with Gasteiger partial charge in [-0.3, -0.25) is 9.69 Å². The third-order valence-corrected chi connectivity index (χ3v) is 8.19. The van der Waals surface area contributed by atoms with Gasteiger partial charge in [0.2, 0.25) is 0 Å². The molecule has 3 heterocycles. The Hall–Kier alpha value is -3.72. The highest BCUT2D eigenvalue weighted by Gasteiger charge is 2.34. The SMILES string of the molecule is CCc1ccc2[nH]c(=O)c([C@@H](c3nnnn3C3CCCC3)N3CCN(c4ccc(OC)cc4)CC3)cc2c1. The molecule has 9 nitrogen and oxygen atoms in total. The first-order valence-corrected chi connectivity index (χ1v) is 13.7. The number of piperazine rings is 1. The van der Waals surface area contributed by atoms with Gasteiger partial charge in [0, 0.05) is 42.9 Å². The number of aryl methyl sites for hydroxylation is 1. The summed E-state index contributed by atoms with van der Waals surface area (Å²) in [6.45, 7) is 5.43. The molecule has 2 fully saturated rings. The van der Waals surface area contributed by atoms with E-state index in [4.69, 9.17) is 4.74 Å². The summed E-state index contributed by atoms with van der Waals surface area (Å²) >= 11 is 0. The summed E-state index contributed by atoms with van der Waals surface area (Å²) in [7, 11) is 1.69. The number of hydrogen-bond donors (Lipinski definition) is 1. The lowest BCUT2D eigenvalue weighted by Crippen LogP contribution is -2.49. The first kappa shape index (κ1) is 24.6. The molecular weight excluding hydrogens is 478 g/mol. The average Bonchev–Trinajstić information content (AvgIpc) is 3.66. The molecule has 0 radical (unpaired) electrons. The molecule has 0 bridgehead atoms. The first-order chi connectivity index (χ1) is 18.6. The fourth-order valence-electron chi connectivity index (χ4n) is 6.02. The molecule has 6 rings (SSSR count). The number of nitrogens with one attached hydrogen (secondary N) is 1. The zero-order chi connectivity index (χ0) is 26.1. The van der Waals surface area contributed by atoms with E-state index in [0.29, 0.717) is 5.56 Å². The molecule has 1 saturated heterocycles. The molecule has 1 atom stereocenters. The van der Waals surface area contributed by atoms with E-state index < -0.39 is 0 Å². The van der Waals surface area contributed by atoms with Crippen molar-refractivity contribution >= 4 is 16.6 Å². The minimum absolute atomic E-state index is 0.0784. The van der Waals surface area contributed by atoms with Crippen LogP contribution < -0.4 is 15.2 Å². The van der Waals surface area contributed by atoms with Crippen molar-refractivity contribution in [2.24, 2.45) is 0 Å². The van der Waals surface area contributed by atoms with E-state index in [0.717, 1.165) is 67.9 Å². The van der Waals surface area contributed by atoms with Crippen LogP contribution in [-0.4, -0.2) is 63.4 Å². The fraction of sp³-hybridized carbons (Fsp3) is 0.448. The van der Waals surface area contributed by atoms with Crippen LogP contribution in [0.3, 0.4) is 0 Å². The highest BCUT2D eigenvalue weighted by atomic mass is 16.5. The summed E-state index contributed by atoms with van der Waals surface area (Å²) in [5.74, 6) is 1.62. The van der Waals surface area contributed by atoms with Gasteiger partial charge in [-0.15, -0.1) is 5.10 Å². The van der Waals surface area contributed by atoms with Crippen molar-refractivity contribution in [3.05, 3.63) is 75.8 Å². The Kier molecular flexibility index (Phi) is 6.84.